The maximum absolute atomic E-state index is 2.39. The topological polar surface area (TPSA) is 0 Å². The summed E-state index contributed by atoms with van der Waals surface area (Å²) >= 11 is 2.36. The van der Waals surface area contributed by atoms with E-state index in [0.717, 1.165) is 12.8 Å². The molecule has 3 heteroatoms. The summed E-state index contributed by atoms with van der Waals surface area (Å²) < 4.78 is 0.551. The molecule has 0 saturated carbocycles. The molecule has 2 aromatic rings. The van der Waals surface area contributed by atoms with Crippen molar-refractivity contribution in [3.05, 3.63) is 81.9 Å². The van der Waals surface area contributed by atoms with E-state index in [1.807, 2.05) is 0 Å². The fourth-order valence-corrected chi connectivity index (χ4v) is 3.80. The summed E-state index contributed by atoms with van der Waals surface area (Å²) in [5.74, 6) is 0. The van der Waals surface area contributed by atoms with Gasteiger partial charge in [-0.2, -0.15) is 0 Å². The second-order valence-corrected chi connectivity index (χ2v) is 6.52. The molecular formula is C19H15Cl2Ti. The third-order valence-electron chi connectivity index (χ3n) is 4.32. The summed E-state index contributed by atoms with van der Waals surface area (Å²) in [6.45, 7) is 0. The van der Waals surface area contributed by atoms with E-state index < -0.39 is 0 Å². The Labute approximate surface area is 155 Å². The van der Waals surface area contributed by atoms with E-state index in [2.05, 4.69) is 81.1 Å². The van der Waals surface area contributed by atoms with Gasteiger partial charge in [0.15, 0.2) is 0 Å². The van der Waals surface area contributed by atoms with Crippen molar-refractivity contribution in [2.75, 3.05) is 0 Å². The Morgan fingerprint density at radius 2 is 1.09 bits per heavy atom. The van der Waals surface area contributed by atoms with Crippen LogP contribution in [0.15, 0.2) is 59.7 Å². The van der Waals surface area contributed by atoms with Crippen LogP contribution in [0.1, 0.15) is 22.3 Å². The molecule has 0 N–H and O–H groups in total. The van der Waals surface area contributed by atoms with E-state index in [1.165, 1.54) is 22.3 Å². The Bertz CT molecular complexity index is 683. The minimum atomic E-state index is 0. The van der Waals surface area contributed by atoms with Crippen LogP contribution < -0.4 is 24.8 Å². The first-order valence-electron chi connectivity index (χ1n) is 7.09. The normalized spacial score (nSPS) is 14.5. The summed E-state index contributed by atoms with van der Waals surface area (Å²) in [5.41, 5.74) is 8.89. The van der Waals surface area contributed by atoms with Gasteiger partial charge in [-0.1, -0.05) is 0 Å². The van der Waals surface area contributed by atoms with Crippen molar-refractivity contribution in [2.24, 2.45) is 0 Å². The Kier molecular flexibility index (Phi) is 5.74. The van der Waals surface area contributed by atoms with Crippen LogP contribution in [-0.4, -0.2) is 0 Å². The second-order valence-electron chi connectivity index (χ2n) is 5.62. The average Bonchev–Trinajstić information content (AvgIpc) is 3.10. The molecule has 0 aromatic heterocycles. The maximum atomic E-state index is 2.39. The molecule has 0 unspecified atom stereocenters. The molecule has 0 fully saturated rings. The number of hydrogen-bond donors (Lipinski definition) is 0. The molecule has 2 aliphatic rings. The zero-order chi connectivity index (χ0) is 13.5. The van der Waals surface area contributed by atoms with Gasteiger partial charge in [0.2, 0.25) is 0 Å². The third kappa shape index (κ3) is 3.12. The Morgan fingerprint density at radius 3 is 1.50 bits per heavy atom. The first kappa shape index (κ1) is 17.6. The van der Waals surface area contributed by atoms with E-state index >= 15 is 0 Å². The Hall–Kier alpha value is -0.786. The van der Waals surface area contributed by atoms with Crippen LogP contribution in [0.25, 0.3) is 12.2 Å². The molecule has 0 heterocycles. The average molecular weight is 362 g/mol. The van der Waals surface area contributed by atoms with Gasteiger partial charge in [-0.05, 0) is 0 Å². The molecule has 0 radical (unpaired) electrons. The van der Waals surface area contributed by atoms with Gasteiger partial charge in [-0.25, -0.2) is 0 Å². The van der Waals surface area contributed by atoms with Crippen LogP contribution in [0.4, 0.5) is 0 Å². The fourth-order valence-electron chi connectivity index (χ4n) is 3.22. The van der Waals surface area contributed by atoms with E-state index in [9.17, 15) is 0 Å². The first-order valence-corrected chi connectivity index (χ1v) is 7.99. The van der Waals surface area contributed by atoms with E-state index in [4.69, 9.17) is 0 Å². The molecule has 0 bridgehead atoms. The molecular weight excluding hydrogens is 347 g/mol. The quantitative estimate of drug-likeness (QED) is 0.578. The van der Waals surface area contributed by atoms with Crippen molar-refractivity contribution in [2.45, 2.75) is 17.1 Å². The summed E-state index contributed by atoms with van der Waals surface area (Å²) in [6.07, 6.45) is 7.02. The van der Waals surface area contributed by atoms with Crippen molar-refractivity contribution in [1.29, 1.82) is 0 Å². The molecule has 22 heavy (non-hydrogen) atoms. The van der Waals surface area contributed by atoms with Gasteiger partial charge in [0.05, 0.1) is 0 Å². The zero-order valence-corrected chi connectivity index (χ0v) is 15.1. The molecule has 2 aliphatic carbocycles. The predicted molar refractivity (Wildman–Crippen MR) is 80.0 cm³/mol. The molecule has 0 saturated heterocycles. The van der Waals surface area contributed by atoms with Crippen molar-refractivity contribution in [3.63, 3.8) is 0 Å². The summed E-state index contributed by atoms with van der Waals surface area (Å²) in [6, 6.07) is 17.5. The number of hydrogen-bond acceptors (Lipinski definition) is 0. The molecule has 0 nitrogen and oxygen atoms in total. The SMILES string of the molecule is [Cl-].[Cl-].[Ti+2][CH](C1=Cc2ccccc2C1)C1=Cc2ccccc2C1. The van der Waals surface area contributed by atoms with Gasteiger partial charge < -0.3 is 24.8 Å². The van der Waals surface area contributed by atoms with Gasteiger partial charge in [0, 0.05) is 0 Å². The molecule has 0 atom stereocenters. The molecule has 0 aliphatic heterocycles. The Balaban J connectivity index is 0.000000882. The first-order chi connectivity index (χ1) is 9.81. The van der Waals surface area contributed by atoms with Crippen LogP contribution in [0.3, 0.4) is 0 Å². The predicted octanol–water partition coefficient (Wildman–Crippen LogP) is -1.39. The minimum absolute atomic E-state index is 0. The van der Waals surface area contributed by atoms with Crippen molar-refractivity contribution < 1.29 is 45.2 Å². The number of fused-ring (bicyclic) bond motifs is 2. The number of allylic oxidation sites excluding steroid dienone is 2. The number of benzene rings is 2. The van der Waals surface area contributed by atoms with Crippen molar-refractivity contribution in [3.8, 4) is 0 Å². The van der Waals surface area contributed by atoms with Gasteiger partial charge in [0.25, 0.3) is 0 Å². The van der Waals surface area contributed by atoms with Crippen molar-refractivity contribution in [1.82, 2.24) is 0 Å². The van der Waals surface area contributed by atoms with Crippen LogP contribution in [0, 0.1) is 0 Å². The molecule has 0 spiro atoms. The third-order valence-corrected chi connectivity index (χ3v) is 5.48. The standard InChI is InChI=1S/C19H15.2ClH.Ti/c1-2-6-17-11-14(10-16(17)5-1)9-15-12-18-7-3-4-8-19(18)13-15;;;/h1-10,12H,11,13H2;2*1H;/q;;;+2/p-2. The summed E-state index contributed by atoms with van der Waals surface area (Å²) in [5, 5.41) is 0. The van der Waals surface area contributed by atoms with Gasteiger partial charge in [0.1, 0.15) is 0 Å². The molecule has 0 amide bonds. The van der Waals surface area contributed by atoms with Gasteiger partial charge in [-0.3, -0.25) is 0 Å². The summed E-state index contributed by atoms with van der Waals surface area (Å²) in [4.78, 5) is 0. The zero-order valence-electron chi connectivity index (χ0n) is 12.0. The van der Waals surface area contributed by atoms with Crippen LogP contribution in [-0.2, 0) is 33.3 Å². The van der Waals surface area contributed by atoms with Gasteiger partial charge in [-0.15, -0.1) is 0 Å². The number of halogens is 2. The fraction of sp³-hybridized carbons (Fsp3) is 0.158. The molecule has 2 aromatic carbocycles. The number of rotatable bonds is 2. The Morgan fingerprint density at radius 1 is 0.682 bits per heavy atom. The van der Waals surface area contributed by atoms with Crippen molar-refractivity contribution >= 4 is 12.2 Å². The summed E-state index contributed by atoms with van der Waals surface area (Å²) in [7, 11) is 0. The van der Waals surface area contributed by atoms with E-state index in [1.54, 1.807) is 11.1 Å². The van der Waals surface area contributed by atoms with Crippen LogP contribution in [0.5, 0.6) is 0 Å². The molecule has 4 rings (SSSR count). The monoisotopic (exact) mass is 361 g/mol. The van der Waals surface area contributed by atoms with Gasteiger partial charge >= 0.3 is 132 Å². The molecule has 109 valence electrons. The van der Waals surface area contributed by atoms with E-state index in [-0.39, 0.29) is 24.8 Å². The second kappa shape index (κ2) is 7.19. The van der Waals surface area contributed by atoms with E-state index in [0.29, 0.717) is 4.22 Å². The van der Waals surface area contributed by atoms with Crippen LogP contribution >= 0.6 is 0 Å². The van der Waals surface area contributed by atoms with Crippen LogP contribution in [0.2, 0.25) is 4.22 Å².